The van der Waals surface area contributed by atoms with Crippen molar-refractivity contribution < 1.29 is 24.2 Å². The predicted octanol–water partition coefficient (Wildman–Crippen LogP) is 2.01. The van der Waals surface area contributed by atoms with Gasteiger partial charge in [0.25, 0.3) is 5.91 Å². The Balaban J connectivity index is 1.87. The topological polar surface area (TPSA) is 105 Å². The molecular formula is C17H22N2O5. The highest BCUT2D eigenvalue weighted by atomic mass is 16.5. The molecule has 1 fully saturated rings. The third-order valence-electron chi connectivity index (χ3n) is 4.04. The van der Waals surface area contributed by atoms with Crippen LogP contribution in [0, 0.1) is 6.92 Å². The molecule has 2 rings (SSSR count). The number of imide groups is 1. The molecule has 1 unspecified atom stereocenters. The van der Waals surface area contributed by atoms with E-state index in [0.29, 0.717) is 5.56 Å². The zero-order valence-corrected chi connectivity index (χ0v) is 13.8. The number of aryl methyl sites for hydroxylation is 1. The van der Waals surface area contributed by atoms with Gasteiger partial charge in [-0.15, -0.1) is 0 Å². The molecule has 0 saturated heterocycles. The maximum absolute atomic E-state index is 12.0. The normalized spacial score (nSPS) is 15.6. The number of carbonyl (C=O) groups excluding carboxylic acids is 3. The Kier molecular flexibility index (Phi) is 5.78. The van der Waals surface area contributed by atoms with Crippen LogP contribution in [-0.2, 0) is 9.53 Å². The molecule has 0 bridgehead atoms. The number of nitrogens with one attached hydrogen (secondary N) is 2. The van der Waals surface area contributed by atoms with Gasteiger partial charge in [0, 0.05) is 6.04 Å². The Bertz CT molecular complexity index is 638. The highest BCUT2D eigenvalue weighted by Gasteiger charge is 2.24. The number of carbonyl (C=O) groups is 3. The van der Waals surface area contributed by atoms with Crippen molar-refractivity contribution in [2.75, 3.05) is 0 Å². The summed E-state index contributed by atoms with van der Waals surface area (Å²) in [6.07, 6.45) is 2.77. The summed E-state index contributed by atoms with van der Waals surface area (Å²) < 4.78 is 5.01. The fourth-order valence-electron chi connectivity index (χ4n) is 2.61. The van der Waals surface area contributed by atoms with Crippen molar-refractivity contribution in [1.82, 2.24) is 10.6 Å². The molecule has 7 nitrogen and oxygen atoms in total. The Morgan fingerprint density at radius 3 is 2.58 bits per heavy atom. The summed E-state index contributed by atoms with van der Waals surface area (Å²) in [7, 11) is 0. The van der Waals surface area contributed by atoms with Crippen LogP contribution in [0.25, 0.3) is 0 Å². The minimum Gasteiger partial charge on any atom is -0.507 e. The molecule has 0 aliphatic heterocycles. The fraction of sp³-hybridized carbons (Fsp3) is 0.471. The summed E-state index contributed by atoms with van der Waals surface area (Å²) >= 11 is 0. The van der Waals surface area contributed by atoms with Crippen molar-refractivity contribution in [1.29, 1.82) is 0 Å². The van der Waals surface area contributed by atoms with E-state index in [4.69, 9.17) is 4.74 Å². The SMILES string of the molecule is Cc1cccc(C(=O)OC(C)C(=O)NC(=O)NC2CCCC2)c1O. The zero-order valence-electron chi connectivity index (χ0n) is 13.8. The Labute approximate surface area is 140 Å². The Hall–Kier alpha value is -2.57. The van der Waals surface area contributed by atoms with Gasteiger partial charge in [0.2, 0.25) is 0 Å². The average molecular weight is 334 g/mol. The van der Waals surface area contributed by atoms with Gasteiger partial charge >= 0.3 is 12.0 Å². The number of rotatable bonds is 4. The first-order valence-corrected chi connectivity index (χ1v) is 7.99. The van der Waals surface area contributed by atoms with Crippen LogP contribution in [0.3, 0.4) is 0 Å². The zero-order chi connectivity index (χ0) is 17.7. The van der Waals surface area contributed by atoms with Gasteiger partial charge in [-0.05, 0) is 38.3 Å². The monoisotopic (exact) mass is 334 g/mol. The molecule has 0 spiro atoms. The van der Waals surface area contributed by atoms with Crippen LogP contribution < -0.4 is 10.6 Å². The summed E-state index contributed by atoms with van der Waals surface area (Å²) in [5.41, 5.74) is 0.502. The van der Waals surface area contributed by atoms with E-state index in [-0.39, 0.29) is 17.4 Å². The number of phenols is 1. The second-order valence-corrected chi connectivity index (χ2v) is 5.96. The molecule has 3 amide bonds. The van der Waals surface area contributed by atoms with Crippen molar-refractivity contribution in [3.05, 3.63) is 29.3 Å². The smallest absolute Gasteiger partial charge is 0.342 e. The summed E-state index contributed by atoms with van der Waals surface area (Å²) in [5.74, 6) is -1.73. The van der Waals surface area contributed by atoms with Gasteiger partial charge in [-0.3, -0.25) is 10.1 Å². The lowest BCUT2D eigenvalue weighted by atomic mass is 10.1. The summed E-state index contributed by atoms with van der Waals surface area (Å²) in [5, 5.41) is 14.7. The minimum atomic E-state index is -1.16. The minimum absolute atomic E-state index is 0.0231. The van der Waals surface area contributed by atoms with Crippen LogP contribution in [0.1, 0.15) is 48.5 Å². The molecule has 3 N–H and O–H groups in total. The molecule has 1 atom stereocenters. The van der Waals surface area contributed by atoms with Crippen molar-refractivity contribution >= 4 is 17.9 Å². The van der Waals surface area contributed by atoms with Crippen LogP contribution in [0.2, 0.25) is 0 Å². The van der Waals surface area contributed by atoms with Crippen LogP contribution in [0.4, 0.5) is 4.79 Å². The van der Waals surface area contributed by atoms with Crippen LogP contribution in [-0.4, -0.2) is 35.2 Å². The number of phenolic OH excluding ortho intramolecular Hbond substituents is 1. The van der Waals surface area contributed by atoms with Crippen molar-refractivity contribution in [3.63, 3.8) is 0 Å². The van der Waals surface area contributed by atoms with Crippen molar-refractivity contribution in [3.8, 4) is 5.75 Å². The lowest BCUT2D eigenvalue weighted by molar-refractivity contribution is -0.127. The number of amides is 3. The van der Waals surface area contributed by atoms with E-state index < -0.39 is 24.0 Å². The molecule has 1 aromatic rings. The quantitative estimate of drug-likeness (QED) is 0.731. The van der Waals surface area contributed by atoms with E-state index in [9.17, 15) is 19.5 Å². The molecule has 7 heteroatoms. The van der Waals surface area contributed by atoms with Gasteiger partial charge in [0.15, 0.2) is 6.10 Å². The number of hydrogen-bond acceptors (Lipinski definition) is 5. The average Bonchev–Trinajstić information content (AvgIpc) is 3.02. The highest BCUT2D eigenvalue weighted by Crippen LogP contribution is 2.22. The first-order valence-electron chi connectivity index (χ1n) is 7.99. The van der Waals surface area contributed by atoms with Crippen LogP contribution >= 0.6 is 0 Å². The van der Waals surface area contributed by atoms with Crippen LogP contribution in [0.15, 0.2) is 18.2 Å². The lowest BCUT2D eigenvalue weighted by Gasteiger charge is -2.16. The van der Waals surface area contributed by atoms with Gasteiger partial charge in [0.05, 0.1) is 0 Å². The molecular weight excluding hydrogens is 312 g/mol. The van der Waals surface area contributed by atoms with Gasteiger partial charge < -0.3 is 15.2 Å². The lowest BCUT2D eigenvalue weighted by Crippen LogP contribution is -2.47. The van der Waals surface area contributed by atoms with E-state index in [1.54, 1.807) is 19.1 Å². The molecule has 1 aliphatic carbocycles. The predicted molar refractivity (Wildman–Crippen MR) is 86.7 cm³/mol. The number of aromatic hydroxyl groups is 1. The van der Waals surface area contributed by atoms with Gasteiger partial charge in [-0.2, -0.15) is 0 Å². The van der Waals surface area contributed by atoms with E-state index >= 15 is 0 Å². The summed E-state index contributed by atoms with van der Waals surface area (Å²) in [6, 6.07) is 4.15. The first kappa shape index (κ1) is 17.8. The van der Waals surface area contributed by atoms with E-state index in [2.05, 4.69) is 10.6 Å². The second kappa shape index (κ2) is 7.81. The third-order valence-corrected chi connectivity index (χ3v) is 4.04. The standard InChI is InChI=1S/C17H22N2O5/c1-10-6-5-9-13(14(10)20)16(22)24-11(2)15(21)19-17(23)18-12-7-3-4-8-12/h5-6,9,11-12,20H,3-4,7-8H2,1-2H3,(H2,18,19,21,23). The molecule has 1 aromatic carbocycles. The number of esters is 1. The van der Waals surface area contributed by atoms with Crippen molar-refractivity contribution in [2.24, 2.45) is 0 Å². The summed E-state index contributed by atoms with van der Waals surface area (Å²) in [6.45, 7) is 3.01. The highest BCUT2D eigenvalue weighted by molar-refractivity contribution is 5.99. The Morgan fingerprint density at radius 2 is 1.92 bits per heavy atom. The second-order valence-electron chi connectivity index (χ2n) is 5.96. The molecule has 130 valence electrons. The number of para-hydroxylation sites is 1. The number of hydrogen-bond donors (Lipinski definition) is 3. The molecule has 0 heterocycles. The Morgan fingerprint density at radius 1 is 1.25 bits per heavy atom. The number of ether oxygens (including phenoxy) is 1. The van der Waals surface area contributed by atoms with Gasteiger partial charge in [-0.25, -0.2) is 9.59 Å². The largest absolute Gasteiger partial charge is 0.507 e. The van der Waals surface area contributed by atoms with Gasteiger partial charge in [0.1, 0.15) is 11.3 Å². The van der Waals surface area contributed by atoms with Crippen molar-refractivity contribution in [2.45, 2.75) is 51.7 Å². The molecule has 1 aliphatic rings. The molecule has 24 heavy (non-hydrogen) atoms. The maximum atomic E-state index is 12.0. The number of benzene rings is 1. The molecule has 1 saturated carbocycles. The number of urea groups is 1. The molecule has 0 aromatic heterocycles. The van der Waals surface area contributed by atoms with E-state index in [0.717, 1.165) is 25.7 Å². The maximum Gasteiger partial charge on any atom is 0.342 e. The third kappa shape index (κ3) is 4.47. The van der Waals surface area contributed by atoms with Gasteiger partial charge in [-0.1, -0.05) is 25.0 Å². The molecule has 0 radical (unpaired) electrons. The summed E-state index contributed by atoms with van der Waals surface area (Å²) in [4.78, 5) is 35.7. The van der Waals surface area contributed by atoms with Crippen LogP contribution in [0.5, 0.6) is 5.75 Å². The van der Waals surface area contributed by atoms with E-state index in [1.165, 1.54) is 13.0 Å². The van der Waals surface area contributed by atoms with E-state index in [1.807, 2.05) is 0 Å². The first-order chi connectivity index (χ1) is 11.4. The fourth-order valence-corrected chi connectivity index (χ4v) is 2.61.